The smallest absolute Gasteiger partial charge is 0.239 e. The Morgan fingerprint density at radius 1 is 1.35 bits per heavy atom. The second-order valence-electron chi connectivity index (χ2n) is 6.86. The molecule has 26 heavy (non-hydrogen) atoms. The summed E-state index contributed by atoms with van der Waals surface area (Å²) >= 11 is 5.95. The maximum Gasteiger partial charge on any atom is 0.239 e. The maximum absolute atomic E-state index is 12.6. The Balaban J connectivity index is 0.00000338. The van der Waals surface area contributed by atoms with E-state index in [-0.39, 0.29) is 24.4 Å². The zero-order valence-corrected chi connectivity index (χ0v) is 17.3. The van der Waals surface area contributed by atoms with Crippen molar-refractivity contribution in [2.24, 2.45) is 11.1 Å². The Hall–Kier alpha value is -1.30. The number of nitrogens with one attached hydrogen (secondary N) is 1. The van der Waals surface area contributed by atoms with Crippen LogP contribution >= 0.6 is 24.0 Å². The van der Waals surface area contributed by atoms with Crippen LogP contribution in [0.15, 0.2) is 29.4 Å². The van der Waals surface area contributed by atoms with Gasteiger partial charge in [-0.1, -0.05) is 42.7 Å². The molecule has 0 radical (unpaired) electrons. The molecule has 0 bridgehead atoms. The number of hydrogen-bond acceptors (Lipinski definition) is 4. The number of halogens is 2. The van der Waals surface area contributed by atoms with Gasteiger partial charge in [-0.15, -0.1) is 12.4 Å². The van der Waals surface area contributed by atoms with Gasteiger partial charge < -0.3 is 15.1 Å². The zero-order valence-electron chi connectivity index (χ0n) is 15.7. The standard InChI is InChI=1S/C19H28ClN3O2.ClH/c1-14(2)11-18(21-3)19(24)23-9-7-17(8-10-23)22-25-13-15-5-4-6-16(20)12-15;/h4-6,12,14,18,21H,7-11,13H2,1-3H3;1H/t18-;/m0./s1. The van der Waals surface area contributed by atoms with Crippen LogP contribution in [-0.4, -0.2) is 42.7 Å². The summed E-state index contributed by atoms with van der Waals surface area (Å²) in [6, 6.07) is 7.46. The van der Waals surface area contributed by atoms with E-state index >= 15 is 0 Å². The van der Waals surface area contributed by atoms with E-state index in [1.807, 2.05) is 36.2 Å². The van der Waals surface area contributed by atoms with Gasteiger partial charge in [-0.2, -0.15) is 0 Å². The average molecular weight is 402 g/mol. The minimum atomic E-state index is -0.0995. The van der Waals surface area contributed by atoms with E-state index in [2.05, 4.69) is 24.3 Å². The van der Waals surface area contributed by atoms with E-state index in [0.717, 1.165) is 30.5 Å². The van der Waals surface area contributed by atoms with Crippen LogP contribution < -0.4 is 5.32 Å². The van der Waals surface area contributed by atoms with Gasteiger partial charge in [0.25, 0.3) is 0 Å². The topological polar surface area (TPSA) is 53.9 Å². The molecule has 2 rings (SSSR count). The summed E-state index contributed by atoms with van der Waals surface area (Å²) in [5.41, 5.74) is 2.01. The molecule has 7 heteroatoms. The first-order valence-electron chi connectivity index (χ1n) is 8.87. The quantitative estimate of drug-likeness (QED) is 0.704. The normalized spacial score (nSPS) is 15.4. The summed E-state index contributed by atoms with van der Waals surface area (Å²) in [7, 11) is 1.85. The number of oxime groups is 1. The molecule has 1 aromatic rings. The van der Waals surface area contributed by atoms with Crippen molar-refractivity contribution in [1.29, 1.82) is 0 Å². The molecular weight excluding hydrogens is 373 g/mol. The Kier molecular flexibility index (Phi) is 9.99. The van der Waals surface area contributed by atoms with Crippen LogP contribution in [0.25, 0.3) is 0 Å². The van der Waals surface area contributed by atoms with Crippen molar-refractivity contribution in [2.75, 3.05) is 20.1 Å². The summed E-state index contributed by atoms with van der Waals surface area (Å²) in [6.45, 7) is 6.08. The summed E-state index contributed by atoms with van der Waals surface area (Å²) in [5.74, 6) is 0.679. The Morgan fingerprint density at radius 2 is 2.04 bits per heavy atom. The lowest BCUT2D eigenvalue weighted by atomic mass is 10.0. The van der Waals surface area contributed by atoms with Gasteiger partial charge in [-0.3, -0.25) is 4.79 Å². The summed E-state index contributed by atoms with van der Waals surface area (Å²) < 4.78 is 0. The van der Waals surface area contributed by atoms with E-state index in [1.165, 1.54) is 0 Å². The maximum atomic E-state index is 12.6. The first-order valence-corrected chi connectivity index (χ1v) is 9.25. The van der Waals surface area contributed by atoms with Crippen molar-refractivity contribution in [2.45, 2.75) is 45.8 Å². The third kappa shape index (κ3) is 7.14. The van der Waals surface area contributed by atoms with Crippen LogP contribution in [0.1, 0.15) is 38.7 Å². The van der Waals surface area contributed by atoms with Gasteiger partial charge in [-0.05, 0) is 37.1 Å². The van der Waals surface area contributed by atoms with Gasteiger partial charge in [0.15, 0.2) is 0 Å². The minimum Gasteiger partial charge on any atom is -0.391 e. The van der Waals surface area contributed by atoms with Crippen molar-refractivity contribution in [3.63, 3.8) is 0 Å². The van der Waals surface area contributed by atoms with Gasteiger partial charge in [0.05, 0.1) is 11.8 Å². The molecule has 1 aromatic carbocycles. The van der Waals surface area contributed by atoms with Gasteiger partial charge in [-0.25, -0.2) is 0 Å². The molecule has 0 saturated carbocycles. The Morgan fingerprint density at radius 3 is 2.62 bits per heavy atom. The first-order chi connectivity index (χ1) is 12.0. The third-order valence-corrected chi connectivity index (χ3v) is 4.55. The van der Waals surface area contributed by atoms with E-state index in [1.54, 1.807) is 0 Å². The second kappa shape index (κ2) is 11.4. The first kappa shape index (κ1) is 22.7. The lowest BCUT2D eigenvalue weighted by Gasteiger charge is -2.31. The van der Waals surface area contributed by atoms with E-state index in [4.69, 9.17) is 16.4 Å². The molecule has 146 valence electrons. The highest BCUT2D eigenvalue weighted by Gasteiger charge is 2.26. The van der Waals surface area contributed by atoms with Crippen molar-refractivity contribution in [1.82, 2.24) is 10.2 Å². The zero-order chi connectivity index (χ0) is 18.2. The van der Waals surface area contributed by atoms with Crippen LogP contribution in [0.2, 0.25) is 5.02 Å². The average Bonchev–Trinajstić information content (AvgIpc) is 2.59. The van der Waals surface area contributed by atoms with Crippen LogP contribution in [0.5, 0.6) is 0 Å². The van der Waals surface area contributed by atoms with Crippen molar-refractivity contribution in [3.8, 4) is 0 Å². The van der Waals surface area contributed by atoms with Crippen LogP contribution in [0.3, 0.4) is 0 Å². The Bertz CT molecular complexity index is 598. The molecule has 0 spiro atoms. The van der Waals surface area contributed by atoms with Gasteiger partial charge in [0.2, 0.25) is 5.91 Å². The van der Waals surface area contributed by atoms with Crippen LogP contribution in [0, 0.1) is 5.92 Å². The number of hydrogen-bond donors (Lipinski definition) is 1. The molecular formula is C19H29Cl2N3O2. The number of benzene rings is 1. The van der Waals surface area contributed by atoms with E-state index in [9.17, 15) is 4.79 Å². The van der Waals surface area contributed by atoms with Gasteiger partial charge >= 0.3 is 0 Å². The van der Waals surface area contributed by atoms with Crippen LogP contribution in [-0.2, 0) is 16.2 Å². The van der Waals surface area contributed by atoms with Crippen molar-refractivity contribution in [3.05, 3.63) is 34.9 Å². The minimum absolute atomic E-state index is 0. The molecule has 5 nitrogen and oxygen atoms in total. The molecule has 0 unspecified atom stereocenters. The number of carbonyl (C=O) groups excluding carboxylic acids is 1. The molecule has 1 saturated heterocycles. The molecule has 1 N–H and O–H groups in total. The fraction of sp³-hybridized carbons (Fsp3) is 0.579. The highest BCUT2D eigenvalue weighted by Crippen LogP contribution is 2.14. The molecule has 1 heterocycles. The molecule has 0 aromatic heterocycles. The van der Waals surface area contributed by atoms with Gasteiger partial charge in [0, 0.05) is 31.0 Å². The fourth-order valence-electron chi connectivity index (χ4n) is 2.94. The molecule has 1 atom stereocenters. The SMILES string of the molecule is CN[C@@H](CC(C)C)C(=O)N1CCC(=NOCc2cccc(Cl)c2)CC1.Cl. The Labute approximate surface area is 167 Å². The highest BCUT2D eigenvalue weighted by molar-refractivity contribution is 6.30. The highest BCUT2D eigenvalue weighted by atomic mass is 35.5. The predicted molar refractivity (Wildman–Crippen MR) is 109 cm³/mol. The molecule has 0 aliphatic carbocycles. The number of amides is 1. The second-order valence-corrected chi connectivity index (χ2v) is 7.29. The molecule has 1 aliphatic rings. The van der Waals surface area contributed by atoms with Crippen molar-refractivity contribution >= 4 is 35.6 Å². The van der Waals surface area contributed by atoms with E-state index < -0.39 is 0 Å². The third-order valence-electron chi connectivity index (χ3n) is 4.32. The van der Waals surface area contributed by atoms with Gasteiger partial charge in [0.1, 0.15) is 6.61 Å². The summed E-state index contributed by atoms with van der Waals surface area (Å²) in [5, 5.41) is 8.07. The van der Waals surface area contributed by atoms with Crippen molar-refractivity contribution < 1.29 is 9.63 Å². The monoisotopic (exact) mass is 401 g/mol. The number of rotatable bonds is 7. The number of carbonyl (C=O) groups is 1. The van der Waals surface area contributed by atoms with E-state index in [0.29, 0.717) is 30.6 Å². The summed E-state index contributed by atoms with van der Waals surface area (Å²) in [4.78, 5) is 20.0. The molecule has 1 fully saturated rings. The molecule has 1 amide bonds. The number of likely N-dealkylation sites (tertiary alicyclic amines) is 1. The summed E-state index contributed by atoms with van der Waals surface area (Å²) in [6.07, 6.45) is 2.38. The largest absolute Gasteiger partial charge is 0.391 e. The fourth-order valence-corrected chi connectivity index (χ4v) is 3.15. The number of piperidine rings is 1. The molecule has 1 aliphatic heterocycles. The lowest BCUT2D eigenvalue weighted by molar-refractivity contribution is -0.133. The lowest BCUT2D eigenvalue weighted by Crippen LogP contribution is -2.48. The predicted octanol–water partition coefficient (Wildman–Crippen LogP) is 3.89. The number of likely N-dealkylation sites (N-methyl/N-ethyl adjacent to an activating group) is 1. The number of nitrogens with zero attached hydrogens (tertiary/aromatic N) is 2. The van der Waals surface area contributed by atoms with Crippen LogP contribution in [0.4, 0.5) is 0 Å².